The molecule has 20 heavy (non-hydrogen) atoms. The Morgan fingerprint density at radius 3 is 2.50 bits per heavy atom. The molecule has 0 bridgehead atoms. The highest BCUT2D eigenvalue weighted by Gasteiger charge is 2.22. The van der Waals surface area contributed by atoms with Crippen molar-refractivity contribution in [2.24, 2.45) is 11.8 Å². The first-order valence-electron chi connectivity index (χ1n) is 7.43. The molecule has 0 radical (unpaired) electrons. The van der Waals surface area contributed by atoms with Crippen molar-refractivity contribution in [3.63, 3.8) is 0 Å². The molecule has 1 atom stereocenters. The maximum Gasteiger partial charge on any atom is 0.131 e. The molecule has 3 rings (SSSR count). The van der Waals surface area contributed by atoms with Gasteiger partial charge in [-0.05, 0) is 29.4 Å². The number of halogens is 1. The summed E-state index contributed by atoms with van der Waals surface area (Å²) in [7, 11) is 0. The first-order chi connectivity index (χ1) is 9.79. The second kappa shape index (κ2) is 5.90. The number of nitrogens with one attached hydrogen (secondary N) is 1. The average molecular weight is 272 g/mol. The standard InChI is InChI=1S/C17H21FN2/c18-16-10-9-15(13-7-3-4-8-14(13)16)17(20-19)11-12-5-1-2-6-12/h3-4,7-10,12,17,20H,1-2,5-6,11,19H2. The zero-order valence-electron chi connectivity index (χ0n) is 11.6. The van der Waals surface area contributed by atoms with Crippen LogP contribution in [0.15, 0.2) is 36.4 Å². The van der Waals surface area contributed by atoms with E-state index in [1.54, 1.807) is 6.07 Å². The van der Waals surface area contributed by atoms with Crippen LogP contribution in [0, 0.1) is 11.7 Å². The van der Waals surface area contributed by atoms with Gasteiger partial charge in [0.15, 0.2) is 0 Å². The van der Waals surface area contributed by atoms with Crippen LogP contribution in [-0.2, 0) is 0 Å². The molecule has 0 aromatic heterocycles. The molecule has 0 heterocycles. The molecule has 0 saturated heterocycles. The molecule has 0 spiro atoms. The van der Waals surface area contributed by atoms with Gasteiger partial charge in [0, 0.05) is 11.4 Å². The number of hydrogen-bond acceptors (Lipinski definition) is 2. The lowest BCUT2D eigenvalue weighted by atomic mass is 9.91. The summed E-state index contributed by atoms with van der Waals surface area (Å²) in [6.45, 7) is 0. The van der Waals surface area contributed by atoms with E-state index >= 15 is 0 Å². The van der Waals surface area contributed by atoms with E-state index in [4.69, 9.17) is 5.84 Å². The zero-order valence-corrected chi connectivity index (χ0v) is 11.6. The maximum atomic E-state index is 13.9. The van der Waals surface area contributed by atoms with Crippen molar-refractivity contribution in [2.45, 2.75) is 38.1 Å². The summed E-state index contributed by atoms with van der Waals surface area (Å²) in [6, 6.07) is 11.2. The normalized spacial score (nSPS) is 17.7. The molecule has 106 valence electrons. The minimum absolute atomic E-state index is 0.101. The van der Waals surface area contributed by atoms with E-state index in [-0.39, 0.29) is 11.9 Å². The number of fused-ring (bicyclic) bond motifs is 1. The summed E-state index contributed by atoms with van der Waals surface area (Å²) in [5, 5.41) is 1.64. The molecule has 2 nitrogen and oxygen atoms in total. The quantitative estimate of drug-likeness (QED) is 0.650. The highest BCUT2D eigenvalue weighted by atomic mass is 19.1. The second-order valence-corrected chi connectivity index (χ2v) is 5.79. The van der Waals surface area contributed by atoms with E-state index in [9.17, 15) is 4.39 Å². The van der Waals surface area contributed by atoms with Gasteiger partial charge in [-0.3, -0.25) is 11.3 Å². The Bertz CT molecular complexity index is 591. The van der Waals surface area contributed by atoms with Crippen LogP contribution < -0.4 is 11.3 Å². The molecule has 0 aliphatic heterocycles. The van der Waals surface area contributed by atoms with Crippen molar-refractivity contribution < 1.29 is 4.39 Å². The Morgan fingerprint density at radius 2 is 1.80 bits per heavy atom. The van der Waals surface area contributed by atoms with Crippen LogP contribution in [0.1, 0.15) is 43.7 Å². The van der Waals surface area contributed by atoms with Gasteiger partial charge in [0.25, 0.3) is 0 Å². The van der Waals surface area contributed by atoms with Crippen LogP contribution in [0.3, 0.4) is 0 Å². The molecule has 1 saturated carbocycles. The fourth-order valence-corrected chi connectivity index (χ4v) is 3.45. The van der Waals surface area contributed by atoms with Gasteiger partial charge in [0.05, 0.1) is 0 Å². The second-order valence-electron chi connectivity index (χ2n) is 5.79. The third-order valence-corrected chi connectivity index (χ3v) is 4.52. The molecule has 0 amide bonds. The summed E-state index contributed by atoms with van der Waals surface area (Å²) in [5.74, 6) is 6.34. The van der Waals surface area contributed by atoms with Gasteiger partial charge in [0.1, 0.15) is 5.82 Å². The van der Waals surface area contributed by atoms with Gasteiger partial charge < -0.3 is 0 Å². The van der Waals surface area contributed by atoms with Gasteiger partial charge >= 0.3 is 0 Å². The van der Waals surface area contributed by atoms with Crippen molar-refractivity contribution in [3.05, 3.63) is 47.8 Å². The molecule has 3 N–H and O–H groups in total. The summed E-state index contributed by atoms with van der Waals surface area (Å²) in [6.07, 6.45) is 6.26. The molecule has 1 aliphatic carbocycles. The van der Waals surface area contributed by atoms with E-state index < -0.39 is 0 Å². The monoisotopic (exact) mass is 272 g/mol. The minimum atomic E-state index is -0.166. The van der Waals surface area contributed by atoms with Crippen molar-refractivity contribution in [1.82, 2.24) is 5.43 Å². The summed E-state index contributed by atoms with van der Waals surface area (Å²) < 4.78 is 13.9. The highest BCUT2D eigenvalue weighted by molar-refractivity contribution is 5.86. The summed E-state index contributed by atoms with van der Waals surface area (Å²) in [4.78, 5) is 0. The third kappa shape index (κ3) is 2.56. The number of hydrazine groups is 1. The van der Waals surface area contributed by atoms with E-state index in [1.165, 1.54) is 25.7 Å². The smallest absolute Gasteiger partial charge is 0.131 e. The lowest BCUT2D eigenvalue weighted by molar-refractivity contribution is 0.401. The van der Waals surface area contributed by atoms with Crippen LogP contribution in [0.4, 0.5) is 4.39 Å². The Labute approximate surface area is 119 Å². The van der Waals surface area contributed by atoms with Gasteiger partial charge in [-0.25, -0.2) is 4.39 Å². The SMILES string of the molecule is NNC(CC1CCCC1)c1ccc(F)c2ccccc12. The van der Waals surface area contributed by atoms with Crippen molar-refractivity contribution in [2.75, 3.05) is 0 Å². The molecule has 3 heteroatoms. The molecule has 2 aromatic carbocycles. The Kier molecular flexibility index (Phi) is 3.99. The average Bonchev–Trinajstić information content (AvgIpc) is 2.99. The van der Waals surface area contributed by atoms with Crippen LogP contribution in [0.2, 0.25) is 0 Å². The molecule has 1 unspecified atom stereocenters. The van der Waals surface area contributed by atoms with Crippen molar-refractivity contribution in [3.8, 4) is 0 Å². The van der Waals surface area contributed by atoms with Crippen LogP contribution in [0.5, 0.6) is 0 Å². The predicted octanol–water partition coefficient (Wildman–Crippen LogP) is 4.06. The number of benzene rings is 2. The number of nitrogens with two attached hydrogens (primary N) is 1. The predicted molar refractivity (Wildman–Crippen MR) is 80.5 cm³/mol. The van der Waals surface area contributed by atoms with E-state index in [0.717, 1.165) is 23.3 Å². The Hall–Kier alpha value is -1.45. The molecule has 1 aliphatic rings. The number of rotatable bonds is 4. The first kappa shape index (κ1) is 13.5. The van der Waals surface area contributed by atoms with E-state index in [2.05, 4.69) is 5.43 Å². The molecule has 2 aromatic rings. The summed E-state index contributed by atoms with van der Waals surface area (Å²) >= 11 is 0. The van der Waals surface area contributed by atoms with E-state index in [0.29, 0.717) is 5.39 Å². The molecular formula is C17H21FN2. The largest absolute Gasteiger partial charge is 0.271 e. The third-order valence-electron chi connectivity index (χ3n) is 4.52. The topological polar surface area (TPSA) is 38.0 Å². The molecule has 1 fully saturated rings. The van der Waals surface area contributed by atoms with Crippen LogP contribution >= 0.6 is 0 Å². The van der Waals surface area contributed by atoms with Crippen LogP contribution in [0.25, 0.3) is 10.8 Å². The van der Waals surface area contributed by atoms with Gasteiger partial charge in [-0.2, -0.15) is 0 Å². The van der Waals surface area contributed by atoms with Crippen molar-refractivity contribution >= 4 is 10.8 Å². The van der Waals surface area contributed by atoms with E-state index in [1.807, 2.05) is 30.3 Å². The first-order valence-corrected chi connectivity index (χ1v) is 7.43. The van der Waals surface area contributed by atoms with Gasteiger partial charge in [-0.1, -0.05) is 56.0 Å². The highest BCUT2D eigenvalue weighted by Crippen LogP contribution is 2.35. The molecular weight excluding hydrogens is 251 g/mol. The maximum absolute atomic E-state index is 13.9. The fourth-order valence-electron chi connectivity index (χ4n) is 3.45. The minimum Gasteiger partial charge on any atom is -0.271 e. The van der Waals surface area contributed by atoms with Gasteiger partial charge in [0.2, 0.25) is 0 Å². The van der Waals surface area contributed by atoms with Crippen molar-refractivity contribution in [1.29, 1.82) is 0 Å². The number of hydrogen-bond donors (Lipinski definition) is 2. The lowest BCUT2D eigenvalue weighted by Gasteiger charge is -2.22. The Morgan fingerprint density at radius 1 is 1.10 bits per heavy atom. The Balaban J connectivity index is 1.96. The van der Waals surface area contributed by atoms with Crippen LogP contribution in [-0.4, -0.2) is 0 Å². The summed E-state index contributed by atoms with van der Waals surface area (Å²) in [5.41, 5.74) is 4.04. The fraction of sp³-hybridized carbons (Fsp3) is 0.412. The lowest BCUT2D eigenvalue weighted by Crippen LogP contribution is -2.29. The zero-order chi connectivity index (χ0) is 13.9. The van der Waals surface area contributed by atoms with Gasteiger partial charge in [-0.15, -0.1) is 0 Å².